The van der Waals surface area contributed by atoms with Crippen LogP contribution >= 0.6 is 0 Å². The second-order valence-corrected chi connectivity index (χ2v) is 14.7. The van der Waals surface area contributed by atoms with Crippen LogP contribution < -0.4 is 11.1 Å². The molecule has 1 amide bonds. The maximum Gasteiger partial charge on any atom is 0.274 e. The largest absolute Gasteiger partial charge is 0.369 e. The average Bonchev–Trinajstić information content (AvgIpc) is 3.40. The van der Waals surface area contributed by atoms with Crippen molar-refractivity contribution in [2.45, 2.75) is 82.9 Å². The van der Waals surface area contributed by atoms with Crippen LogP contribution in [0.15, 0.2) is 82.6 Å². The number of aliphatic imine (C=N–C) groups is 2. The highest BCUT2D eigenvalue weighted by atomic mass is 32.2. The number of carbonyl (C=O) groups excluding carboxylic acids is 1. The van der Waals surface area contributed by atoms with Gasteiger partial charge < -0.3 is 11.1 Å². The molecule has 4 rings (SSSR count). The zero-order chi connectivity index (χ0) is 35.3. The Morgan fingerprint density at radius 1 is 1.21 bits per heavy atom. The molecule has 1 aromatic carbocycles. The van der Waals surface area contributed by atoms with E-state index in [1.54, 1.807) is 6.08 Å². The predicted octanol–water partition coefficient (Wildman–Crippen LogP) is 7.26. The highest BCUT2D eigenvalue weighted by Gasteiger charge is 2.68. The van der Waals surface area contributed by atoms with Gasteiger partial charge in [0.25, 0.3) is 5.91 Å². The van der Waals surface area contributed by atoms with Crippen LogP contribution in [0.25, 0.3) is 0 Å². The van der Waals surface area contributed by atoms with Crippen LogP contribution in [0.5, 0.6) is 0 Å². The molecule has 0 spiro atoms. The third kappa shape index (κ3) is 6.72. The topological polar surface area (TPSA) is 130 Å². The van der Waals surface area contributed by atoms with Crippen LogP contribution in [0.2, 0.25) is 0 Å². The number of guanidine groups is 1. The van der Waals surface area contributed by atoms with Gasteiger partial charge in [-0.1, -0.05) is 52.8 Å². The zero-order valence-electron chi connectivity index (χ0n) is 28.3. The van der Waals surface area contributed by atoms with E-state index in [1.807, 2.05) is 25.4 Å². The number of nitrogens with zero attached hydrogens (tertiary/aromatic N) is 4. The summed E-state index contributed by atoms with van der Waals surface area (Å²) in [7, 11) is -2.86. The fraction of sp³-hybridized carbons (Fsp3) is 0.444. The van der Waals surface area contributed by atoms with Gasteiger partial charge in [-0.25, -0.2) is 31.5 Å². The van der Waals surface area contributed by atoms with Crippen LogP contribution in [-0.2, 0) is 15.6 Å². The number of hydrogen-bond acceptors (Lipinski definition) is 7. The lowest BCUT2D eigenvalue weighted by Crippen LogP contribution is -2.65. The Bertz CT molecular complexity index is 1750. The molecule has 0 saturated carbocycles. The van der Waals surface area contributed by atoms with Gasteiger partial charge >= 0.3 is 0 Å². The van der Waals surface area contributed by atoms with Gasteiger partial charge in [0.05, 0.1) is 6.20 Å². The van der Waals surface area contributed by atoms with Crippen molar-refractivity contribution in [3.8, 4) is 0 Å². The third-order valence-electron chi connectivity index (χ3n) is 9.76. The third-order valence-corrected chi connectivity index (χ3v) is 12.4. The number of hydrogen-bond donors (Lipinski definition) is 2. The molecule has 1 aliphatic carbocycles. The number of anilines is 1. The molecule has 2 heterocycles. The van der Waals surface area contributed by atoms with Crippen molar-refractivity contribution in [2.24, 2.45) is 27.6 Å². The highest BCUT2D eigenvalue weighted by Crippen LogP contribution is 2.60. The van der Waals surface area contributed by atoms with Crippen molar-refractivity contribution >= 4 is 33.8 Å². The summed E-state index contributed by atoms with van der Waals surface area (Å²) < 4.78 is 58.3. The van der Waals surface area contributed by atoms with E-state index in [1.165, 1.54) is 31.3 Å². The van der Waals surface area contributed by atoms with Crippen molar-refractivity contribution in [2.75, 3.05) is 12.4 Å². The first-order valence-electron chi connectivity index (χ1n) is 16.4. The number of rotatable bonds is 14. The number of allylic oxidation sites excluding steroid dienone is 2. The molecule has 2 aromatic rings. The molecule has 9 nitrogen and oxygen atoms in total. The second kappa shape index (κ2) is 14.9. The van der Waals surface area contributed by atoms with E-state index in [2.05, 4.69) is 42.6 Å². The summed E-state index contributed by atoms with van der Waals surface area (Å²) in [5, 5.41) is 2.68. The van der Waals surface area contributed by atoms with E-state index in [9.17, 15) is 17.6 Å². The van der Waals surface area contributed by atoms with E-state index >= 15 is 4.39 Å². The minimum atomic E-state index is -4.23. The number of sulfonamides is 1. The number of carbonyl (C=O) groups is 1. The number of fused-ring (bicyclic) bond motifs is 1. The van der Waals surface area contributed by atoms with Gasteiger partial charge in [-0.3, -0.25) is 9.79 Å². The molecule has 258 valence electrons. The summed E-state index contributed by atoms with van der Waals surface area (Å²) >= 11 is 0. The summed E-state index contributed by atoms with van der Waals surface area (Å²) in [4.78, 5) is 26.1. The average molecular weight is 681 g/mol. The van der Waals surface area contributed by atoms with Gasteiger partial charge in [0.2, 0.25) is 16.0 Å². The van der Waals surface area contributed by atoms with E-state index in [0.29, 0.717) is 30.8 Å². The summed E-state index contributed by atoms with van der Waals surface area (Å²) in [6, 6.07) is 6.31. The van der Waals surface area contributed by atoms with Crippen molar-refractivity contribution in [3.05, 3.63) is 95.5 Å². The molecule has 4 unspecified atom stereocenters. The Morgan fingerprint density at radius 2 is 1.96 bits per heavy atom. The Hall–Kier alpha value is -4.19. The standard InChI is InChI=1S/C36H46F2N6O3S/c1-7-24(5)21-40-22-26(9-3)19-25(8-2)15-18-36-27(10-4)16-17-35(36,43-34(39)44(6)48(36,46)47)30-20-29(12-13-31(30)38)42-33(45)32-14-11-28(37)23-41-32/h9,11-14,16,20-25H,3,7-8,10,15,17-19H2,1-2,4-6H3,(H2,39,43)(H,42,45)/b26-22+,40-21?. The van der Waals surface area contributed by atoms with Gasteiger partial charge in [0, 0.05) is 30.7 Å². The van der Waals surface area contributed by atoms with Gasteiger partial charge in [0.15, 0.2) is 0 Å². The van der Waals surface area contributed by atoms with Crippen molar-refractivity contribution in [1.82, 2.24) is 9.29 Å². The number of nitrogens with one attached hydrogen (secondary N) is 1. The predicted molar refractivity (Wildman–Crippen MR) is 188 cm³/mol. The van der Waals surface area contributed by atoms with E-state index < -0.39 is 37.9 Å². The van der Waals surface area contributed by atoms with E-state index in [0.717, 1.165) is 35.0 Å². The van der Waals surface area contributed by atoms with Crippen LogP contribution in [0, 0.1) is 23.5 Å². The molecule has 48 heavy (non-hydrogen) atoms. The molecule has 1 aliphatic heterocycles. The molecule has 1 aromatic heterocycles. The SMILES string of the molecule is C=C/C(=C\N=CC(C)CC)CC(CC)CCC12C(CC)=CCC1(c1cc(NC(=O)c3ccc(F)cn3)ccc1F)N=C(N)N(C)S2(=O)=O. The fourth-order valence-electron chi connectivity index (χ4n) is 6.71. The Balaban J connectivity index is 1.79. The number of pyridine rings is 1. The molecular weight excluding hydrogens is 634 g/mol. The van der Waals surface area contributed by atoms with Crippen molar-refractivity contribution in [1.29, 1.82) is 0 Å². The van der Waals surface area contributed by atoms with Gasteiger partial charge in [-0.15, -0.1) is 0 Å². The Morgan fingerprint density at radius 3 is 2.58 bits per heavy atom. The highest BCUT2D eigenvalue weighted by molar-refractivity contribution is 7.91. The number of nitrogens with two attached hydrogens (primary N) is 1. The maximum absolute atomic E-state index is 16.1. The summed E-state index contributed by atoms with van der Waals surface area (Å²) in [6.07, 6.45) is 11.8. The molecule has 0 bridgehead atoms. The normalized spacial score (nSPS) is 23.3. The first-order chi connectivity index (χ1) is 22.8. The lowest BCUT2D eigenvalue weighted by atomic mass is 9.72. The Labute approximate surface area is 282 Å². The first-order valence-corrected chi connectivity index (χ1v) is 17.8. The maximum atomic E-state index is 16.1. The van der Waals surface area contributed by atoms with Crippen LogP contribution in [-0.4, -0.2) is 47.6 Å². The monoisotopic (exact) mass is 680 g/mol. The molecule has 0 radical (unpaired) electrons. The molecule has 0 fully saturated rings. The number of amides is 1. The van der Waals surface area contributed by atoms with Gasteiger partial charge in [-0.05, 0) is 91.8 Å². The molecule has 3 N–H and O–H groups in total. The minimum absolute atomic E-state index is 0.00537. The van der Waals surface area contributed by atoms with Crippen molar-refractivity contribution < 1.29 is 22.0 Å². The Kier molecular flexibility index (Phi) is 11.4. The van der Waals surface area contributed by atoms with Crippen LogP contribution in [0.4, 0.5) is 14.5 Å². The molecular formula is C36H46F2N6O3S. The van der Waals surface area contributed by atoms with Crippen LogP contribution in [0.1, 0.15) is 88.7 Å². The zero-order valence-corrected chi connectivity index (χ0v) is 29.2. The van der Waals surface area contributed by atoms with E-state index in [-0.39, 0.29) is 41.7 Å². The summed E-state index contributed by atoms with van der Waals surface area (Å²) in [5.74, 6) is -1.74. The molecule has 12 heteroatoms. The second-order valence-electron chi connectivity index (χ2n) is 12.5. The minimum Gasteiger partial charge on any atom is -0.369 e. The smallest absolute Gasteiger partial charge is 0.274 e. The lowest BCUT2D eigenvalue weighted by Gasteiger charge is -2.50. The number of benzene rings is 1. The molecule has 2 aliphatic rings. The quantitative estimate of drug-likeness (QED) is 0.123. The van der Waals surface area contributed by atoms with Gasteiger partial charge in [0.1, 0.15) is 27.6 Å². The first kappa shape index (κ1) is 36.6. The summed E-state index contributed by atoms with van der Waals surface area (Å²) in [5.41, 5.74) is 6.40. The van der Waals surface area contributed by atoms with E-state index in [4.69, 9.17) is 10.7 Å². The number of halogens is 2. The summed E-state index contributed by atoms with van der Waals surface area (Å²) in [6.45, 7) is 12.1. The number of aromatic nitrogens is 1. The molecule has 4 atom stereocenters. The van der Waals surface area contributed by atoms with Gasteiger partial charge in [-0.2, -0.15) is 0 Å². The lowest BCUT2D eigenvalue weighted by molar-refractivity contribution is 0.102. The van der Waals surface area contributed by atoms with Crippen molar-refractivity contribution in [3.63, 3.8) is 0 Å². The fourth-order valence-corrected chi connectivity index (χ4v) is 9.07. The van der Waals surface area contributed by atoms with Crippen LogP contribution in [0.3, 0.4) is 0 Å². The molecule has 0 saturated heterocycles.